The summed E-state index contributed by atoms with van der Waals surface area (Å²) in [6.45, 7) is 1.85. The standard InChI is InChI=1S/C18H20N2O/c1-2-18(21)20-16-9-5-8-15(12-16)19-17-10-13-6-3-4-7-14(13)11-17/h3-9,12,17,19H,2,10-11H2,1H3,(H,20,21). The van der Waals surface area contributed by atoms with Crippen LogP contribution in [0.2, 0.25) is 0 Å². The topological polar surface area (TPSA) is 41.1 Å². The predicted octanol–water partition coefficient (Wildman–Crippen LogP) is 3.61. The van der Waals surface area contributed by atoms with Crippen molar-refractivity contribution >= 4 is 17.3 Å². The minimum absolute atomic E-state index is 0.0421. The Kier molecular flexibility index (Phi) is 3.91. The molecule has 3 heteroatoms. The zero-order valence-electron chi connectivity index (χ0n) is 12.2. The number of carbonyl (C=O) groups excluding carboxylic acids is 1. The molecule has 3 rings (SSSR count). The summed E-state index contributed by atoms with van der Waals surface area (Å²) in [6, 6.07) is 17.0. The third-order valence-electron chi connectivity index (χ3n) is 3.89. The van der Waals surface area contributed by atoms with E-state index in [0.717, 1.165) is 24.2 Å². The van der Waals surface area contributed by atoms with Crippen molar-refractivity contribution in [3.8, 4) is 0 Å². The number of benzene rings is 2. The highest BCUT2D eigenvalue weighted by atomic mass is 16.1. The van der Waals surface area contributed by atoms with Crippen LogP contribution in [0.1, 0.15) is 24.5 Å². The monoisotopic (exact) mass is 280 g/mol. The molecule has 2 aromatic carbocycles. The molecule has 0 unspecified atom stereocenters. The molecule has 0 fully saturated rings. The zero-order chi connectivity index (χ0) is 14.7. The second-order valence-electron chi connectivity index (χ2n) is 5.50. The molecule has 108 valence electrons. The Morgan fingerprint density at radius 2 is 1.71 bits per heavy atom. The van der Waals surface area contributed by atoms with Crippen molar-refractivity contribution in [2.24, 2.45) is 0 Å². The highest BCUT2D eigenvalue weighted by Gasteiger charge is 2.20. The number of amides is 1. The predicted molar refractivity (Wildman–Crippen MR) is 86.6 cm³/mol. The highest BCUT2D eigenvalue weighted by Crippen LogP contribution is 2.25. The first kappa shape index (κ1) is 13.7. The summed E-state index contributed by atoms with van der Waals surface area (Å²) in [6.07, 6.45) is 2.61. The molecule has 1 aliphatic rings. The summed E-state index contributed by atoms with van der Waals surface area (Å²) < 4.78 is 0. The van der Waals surface area contributed by atoms with Gasteiger partial charge in [-0.05, 0) is 42.2 Å². The average molecular weight is 280 g/mol. The molecule has 1 aliphatic carbocycles. The summed E-state index contributed by atoms with van der Waals surface area (Å²) in [5.74, 6) is 0.0421. The second kappa shape index (κ2) is 6.00. The van der Waals surface area contributed by atoms with Crippen LogP contribution in [0.15, 0.2) is 48.5 Å². The van der Waals surface area contributed by atoms with Gasteiger partial charge >= 0.3 is 0 Å². The van der Waals surface area contributed by atoms with Crippen LogP contribution in [0.3, 0.4) is 0 Å². The van der Waals surface area contributed by atoms with Gasteiger partial charge in [-0.1, -0.05) is 37.3 Å². The Bertz CT molecular complexity index is 626. The lowest BCUT2D eigenvalue weighted by Crippen LogP contribution is -2.19. The fraction of sp³-hybridized carbons (Fsp3) is 0.278. The molecular weight excluding hydrogens is 260 g/mol. The van der Waals surface area contributed by atoms with Gasteiger partial charge in [-0.3, -0.25) is 4.79 Å². The van der Waals surface area contributed by atoms with Gasteiger partial charge in [-0.2, -0.15) is 0 Å². The lowest BCUT2D eigenvalue weighted by atomic mass is 10.1. The molecule has 0 spiro atoms. The Balaban J connectivity index is 1.66. The van der Waals surface area contributed by atoms with Crippen molar-refractivity contribution in [2.45, 2.75) is 32.2 Å². The summed E-state index contributed by atoms with van der Waals surface area (Å²) in [7, 11) is 0. The minimum atomic E-state index is 0.0421. The average Bonchev–Trinajstić information content (AvgIpc) is 2.89. The van der Waals surface area contributed by atoms with Gasteiger partial charge in [0.15, 0.2) is 0 Å². The van der Waals surface area contributed by atoms with Crippen LogP contribution in [0.4, 0.5) is 11.4 Å². The molecule has 0 aromatic heterocycles. The summed E-state index contributed by atoms with van der Waals surface area (Å²) in [4.78, 5) is 11.5. The Morgan fingerprint density at radius 1 is 1.05 bits per heavy atom. The quantitative estimate of drug-likeness (QED) is 0.898. The van der Waals surface area contributed by atoms with Crippen molar-refractivity contribution in [2.75, 3.05) is 10.6 Å². The number of nitrogens with one attached hydrogen (secondary N) is 2. The van der Waals surface area contributed by atoms with Gasteiger partial charge in [-0.15, -0.1) is 0 Å². The maximum absolute atomic E-state index is 11.5. The zero-order valence-corrected chi connectivity index (χ0v) is 12.2. The largest absolute Gasteiger partial charge is 0.382 e. The van der Waals surface area contributed by atoms with Crippen LogP contribution in [-0.4, -0.2) is 11.9 Å². The van der Waals surface area contributed by atoms with Crippen LogP contribution in [0.5, 0.6) is 0 Å². The van der Waals surface area contributed by atoms with Crippen LogP contribution >= 0.6 is 0 Å². The Morgan fingerprint density at radius 3 is 2.38 bits per heavy atom. The van der Waals surface area contributed by atoms with E-state index in [1.165, 1.54) is 11.1 Å². The SMILES string of the molecule is CCC(=O)Nc1cccc(NC2Cc3ccccc3C2)c1. The van der Waals surface area contributed by atoms with E-state index in [-0.39, 0.29) is 5.91 Å². The Labute approximate surface area is 125 Å². The van der Waals surface area contributed by atoms with E-state index in [9.17, 15) is 4.79 Å². The van der Waals surface area contributed by atoms with Crippen LogP contribution in [0.25, 0.3) is 0 Å². The van der Waals surface area contributed by atoms with Gasteiger partial charge in [0, 0.05) is 23.8 Å². The number of fused-ring (bicyclic) bond motifs is 1. The molecule has 0 heterocycles. The summed E-state index contributed by atoms with van der Waals surface area (Å²) >= 11 is 0. The number of rotatable bonds is 4. The molecule has 2 aromatic rings. The van der Waals surface area contributed by atoms with E-state index in [1.807, 2.05) is 31.2 Å². The molecule has 1 amide bonds. The van der Waals surface area contributed by atoms with E-state index in [2.05, 4.69) is 34.9 Å². The van der Waals surface area contributed by atoms with Crippen LogP contribution in [0, 0.1) is 0 Å². The van der Waals surface area contributed by atoms with E-state index < -0.39 is 0 Å². The van der Waals surface area contributed by atoms with E-state index >= 15 is 0 Å². The molecular formula is C18H20N2O. The normalized spacial score (nSPS) is 13.8. The maximum Gasteiger partial charge on any atom is 0.224 e. The molecule has 0 bridgehead atoms. The summed E-state index contributed by atoms with van der Waals surface area (Å²) in [5.41, 5.74) is 4.78. The van der Waals surface area contributed by atoms with Crippen LogP contribution in [-0.2, 0) is 17.6 Å². The minimum Gasteiger partial charge on any atom is -0.382 e. The molecule has 0 saturated carbocycles. The first-order valence-corrected chi connectivity index (χ1v) is 7.48. The lowest BCUT2D eigenvalue weighted by Gasteiger charge is -2.14. The van der Waals surface area contributed by atoms with Gasteiger partial charge in [0.05, 0.1) is 0 Å². The van der Waals surface area contributed by atoms with Gasteiger partial charge in [0.1, 0.15) is 0 Å². The summed E-state index contributed by atoms with van der Waals surface area (Å²) in [5, 5.41) is 6.46. The van der Waals surface area contributed by atoms with Crippen molar-refractivity contribution in [3.05, 3.63) is 59.7 Å². The second-order valence-corrected chi connectivity index (χ2v) is 5.50. The molecule has 0 saturated heterocycles. The van der Waals surface area contributed by atoms with Crippen molar-refractivity contribution in [1.29, 1.82) is 0 Å². The third-order valence-corrected chi connectivity index (χ3v) is 3.89. The Hall–Kier alpha value is -2.29. The fourth-order valence-corrected chi connectivity index (χ4v) is 2.83. The molecule has 3 nitrogen and oxygen atoms in total. The van der Waals surface area contributed by atoms with E-state index in [1.54, 1.807) is 0 Å². The number of hydrogen-bond acceptors (Lipinski definition) is 2. The third kappa shape index (κ3) is 3.24. The van der Waals surface area contributed by atoms with Gasteiger partial charge in [-0.25, -0.2) is 0 Å². The first-order chi connectivity index (χ1) is 10.2. The van der Waals surface area contributed by atoms with Crippen LogP contribution < -0.4 is 10.6 Å². The number of hydrogen-bond donors (Lipinski definition) is 2. The fourth-order valence-electron chi connectivity index (χ4n) is 2.83. The number of anilines is 2. The number of carbonyl (C=O) groups is 1. The molecule has 21 heavy (non-hydrogen) atoms. The lowest BCUT2D eigenvalue weighted by molar-refractivity contribution is -0.115. The molecule has 0 radical (unpaired) electrons. The maximum atomic E-state index is 11.5. The van der Waals surface area contributed by atoms with Gasteiger partial charge in [0.2, 0.25) is 5.91 Å². The van der Waals surface area contributed by atoms with E-state index in [0.29, 0.717) is 12.5 Å². The smallest absolute Gasteiger partial charge is 0.224 e. The van der Waals surface area contributed by atoms with Gasteiger partial charge < -0.3 is 10.6 Å². The first-order valence-electron chi connectivity index (χ1n) is 7.48. The van der Waals surface area contributed by atoms with Crippen molar-refractivity contribution in [3.63, 3.8) is 0 Å². The van der Waals surface area contributed by atoms with Crippen molar-refractivity contribution in [1.82, 2.24) is 0 Å². The van der Waals surface area contributed by atoms with Gasteiger partial charge in [0.25, 0.3) is 0 Å². The highest BCUT2D eigenvalue weighted by molar-refractivity contribution is 5.90. The van der Waals surface area contributed by atoms with E-state index in [4.69, 9.17) is 0 Å². The molecule has 0 atom stereocenters. The molecule has 2 N–H and O–H groups in total. The molecule has 0 aliphatic heterocycles. The van der Waals surface area contributed by atoms with Crippen molar-refractivity contribution < 1.29 is 4.79 Å².